The van der Waals surface area contributed by atoms with Gasteiger partial charge in [0.25, 0.3) is 5.91 Å². The summed E-state index contributed by atoms with van der Waals surface area (Å²) in [7, 11) is 0. The number of carbonyl (C=O) groups is 2. The Balaban J connectivity index is 2.46. The SMILES string of the molecule is CC1=CC(=NC(=O)c2ccc(C)cc2)C(C(C)C)=C(Br)C1=O. The van der Waals surface area contributed by atoms with Gasteiger partial charge in [-0.15, -0.1) is 0 Å². The molecule has 0 spiro atoms. The molecule has 0 heterocycles. The van der Waals surface area contributed by atoms with Gasteiger partial charge in [-0.25, -0.2) is 4.99 Å². The van der Waals surface area contributed by atoms with E-state index in [4.69, 9.17) is 0 Å². The lowest BCUT2D eigenvalue weighted by molar-refractivity contribution is -0.111. The average molecular weight is 360 g/mol. The Hall–Kier alpha value is -1.81. The molecule has 0 bridgehead atoms. The molecule has 0 fully saturated rings. The number of allylic oxidation sites excluding steroid dienone is 4. The van der Waals surface area contributed by atoms with Gasteiger partial charge in [-0.2, -0.15) is 0 Å². The van der Waals surface area contributed by atoms with Crippen molar-refractivity contribution in [3.8, 4) is 0 Å². The molecule has 0 saturated carbocycles. The number of aliphatic imine (C=N–C) groups is 1. The molecule has 0 saturated heterocycles. The Morgan fingerprint density at radius 1 is 1.14 bits per heavy atom. The number of Topliss-reactive ketones (excluding diaryl/α,β-unsaturated/α-hetero) is 1. The topological polar surface area (TPSA) is 46.5 Å². The number of carbonyl (C=O) groups excluding carboxylic acids is 2. The van der Waals surface area contributed by atoms with Crippen molar-refractivity contribution >= 4 is 33.3 Å². The van der Waals surface area contributed by atoms with Crippen LogP contribution < -0.4 is 0 Å². The van der Waals surface area contributed by atoms with E-state index in [1.165, 1.54) is 0 Å². The molecule has 2 rings (SSSR count). The van der Waals surface area contributed by atoms with Crippen LogP contribution in [0, 0.1) is 12.8 Å². The van der Waals surface area contributed by atoms with Gasteiger partial charge in [0.15, 0.2) is 5.78 Å². The Morgan fingerprint density at radius 3 is 2.27 bits per heavy atom. The van der Waals surface area contributed by atoms with E-state index in [0.29, 0.717) is 21.3 Å². The van der Waals surface area contributed by atoms with Crippen molar-refractivity contribution in [1.82, 2.24) is 0 Å². The summed E-state index contributed by atoms with van der Waals surface area (Å²) in [5.74, 6) is -0.260. The minimum atomic E-state index is -0.299. The molecule has 0 radical (unpaired) electrons. The number of aryl methyl sites for hydroxylation is 1. The van der Waals surface area contributed by atoms with Crippen molar-refractivity contribution in [1.29, 1.82) is 0 Å². The van der Waals surface area contributed by atoms with Crippen LogP contribution in [0.2, 0.25) is 0 Å². The maximum absolute atomic E-state index is 12.3. The van der Waals surface area contributed by atoms with E-state index < -0.39 is 0 Å². The first kappa shape index (κ1) is 16.6. The number of rotatable bonds is 2. The van der Waals surface area contributed by atoms with Crippen LogP contribution in [0.3, 0.4) is 0 Å². The summed E-state index contributed by atoms with van der Waals surface area (Å²) in [4.78, 5) is 28.6. The Labute approximate surface area is 139 Å². The molecule has 4 heteroatoms. The molecule has 1 aliphatic carbocycles. The van der Waals surface area contributed by atoms with E-state index in [0.717, 1.165) is 11.1 Å². The van der Waals surface area contributed by atoms with E-state index >= 15 is 0 Å². The molecule has 1 aromatic carbocycles. The van der Waals surface area contributed by atoms with Gasteiger partial charge in [0.2, 0.25) is 0 Å². The second-order valence-corrected chi connectivity index (χ2v) is 6.50. The number of benzene rings is 1. The first-order valence-corrected chi connectivity index (χ1v) is 7.93. The van der Waals surface area contributed by atoms with Crippen molar-refractivity contribution in [3.05, 3.63) is 57.1 Å². The number of nitrogens with zero attached hydrogens (tertiary/aromatic N) is 1. The molecule has 1 amide bonds. The van der Waals surface area contributed by atoms with E-state index in [9.17, 15) is 9.59 Å². The number of ketones is 1. The van der Waals surface area contributed by atoms with E-state index in [1.54, 1.807) is 25.1 Å². The second kappa shape index (κ2) is 6.53. The standard InChI is InChI=1S/C18H18BrNO2/c1-10(2)15-14(9-12(4)17(21)16(15)19)20-18(22)13-7-5-11(3)6-8-13/h5-10H,1-4H3. The third-order valence-electron chi connectivity index (χ3n) is 3.52. The lowest BCUT2D eigenvalue weighted by atomic mass is 9.90. The van der Waals surface area contributed by atoms with Gasteiger partial charge in [-0.1, -0.05) is 31.5 Å². The Morgan fingerprint density at radius 2 is 1.73 bits per heavy atom. The minimum Gasteiger partial charge on any atom is -0.288 e. The maximum Gasteiger partial charge on any atom is 0.277 e. The highest BCUT2D eigenvalue weighted by atomic mass is 79.9. The van der Waals surface area contributed by atoms with E-state index in [2.05, 4.69) is 20.9 Å². The molecule has 114 valence electrons. The molecule has 1 aliphatic rings. The molecule has 0 unspecified atom stereocenters. The highest BCUT2D eigenvalue weighted by Crippen LogP contribution is 2.29. The molecule has 0 N–H and O–H groups in total. The first-order valence-electron chi connectivity index (χ1n) is 7.14. The predicted octanol–water partition coefficient (Wildman–Crippen LogP) is 4.41. The van der Waals surface area contributed by atoms with Gasteiger partial charge in [-0.3, -0.25) is 9.59 Å². The fourth-order valence-corrected chi connectivity index (χ4v) is 3.24. The van der Waals surface area contributed by atoms with Crippen LogP contribution in [-0.4, -0.2) is 17.4 Å². The van der Waals surface area contributed by atoms with Crippen molar-refractivity contribution in [2.45, 2.75) is 27.7 Å². The summed E-state index contributed by atoms with van der Waals surface area (Å²) in [6, 6.07) is 7.29. The molecule has 22 heavy (non-hydrogen) atoms. The van der Waals surface area contributed by atoms with Gasteiger partial charge >= 0.3 is 0 Å². The van der Waals surface area contributed by atoms with Crippen LogP contribution in [-0.2, 0) is 4.79 Å². The third kappa shape index (κ3) is 3.33. The van der Waals surface area contributed by atoms with Crippen LogP contribution in [0.15, 0.2) is 51.0 Å². The Kier molecular flexibility index (Phi) is 4.91. The third-order valence-corrected chi connectivity index (χ3v) is 4.31. The average Bonchev–Trinajstić information content (AvgIpc) is 2.45. The van der Waals surface area contributed by atoms with Crippen molar-refractivity contribution in [2.24, 2.45) is 10.9 Å². The van der Waals surface area contributed by atoms with Crippen molar-refractivity contribution in [3.63, 3.8) is 0 Å². The molecular weight excluding hydrogens is 342 g/mol. The van der Waals surface area contributed by atoms with Crippen molar-refractivity contribution in [2.75, 3.05) is 0 Å². The van der Waals surface area contributed by atoms with Crippen molar-refractivity contribution < 1.29 is 9.59 Å². The fourth-order valence-electron chi connectivity index (χ4n) is 2.27. The van der Waals surface area contributed by atoms with Crippen LogP contribution in [0.5, 0.6) is 0 Å². The van der Waals surface area contributed by atoms with E-state index in [1.807, 2.05) is 32.9 Å². The van der Waals surface area contributed by atoms with Gasteiger partial charge in [-0.05, 0) is 65.1 Å². The number of amides is 1. The number of halogens is 1. The molecule has 0 atom stereocenters. The van der Waals surface area contributed by atoms with E-state index in [-0.39, 0.29) is 17.6 Å². The van der Waals surface area contributed by atoms with Crippen LogP contribution in [0.1, 0.15) is 36.7 Å². The molecular formula is C18H18BrNO2. The second-order valence-electron chi connectivity index (χ2n) is 5.71. The molecule has 0 aromatic heterocycles. The fraction of sp³-hybridized carbons (Fsp3) is 0.278. The largest absolute Gasteiger partial charge is 0.288 e. The highest BCUT2D eigenvalue weighted by molar-refractivity contribution is 9.12. The smallest absolute Gasteiger partial charge is 0.277 e. The molecule has 1 aromatic rings. The quantitative estimate of drug-likeness (QED) is 0.734. The molecule has 0 aliphatic heterocycles. The number of hydrogen-bond donors (Lipinski definition) is 0. The van der Waals surface area contributed by atoms with Crippen LogP contribution in [0.4, 0.5) is 0 Å². The van der Waals surface area contributed by atoms with Gasteiger partial charge in [0, 0.05) is 5.56 Å². The highest BCUT2D eigenvalue weighted by Gasteiger charge is 2.25. The van der Waals surface area contributed by atoms with Gasteiger partial charge in [0.05, 0.1) is 10.2 Å². The van der Waals surface area contributed by atoms with Crippen LogP contribution >= 0.6 is 15.9 Å². The summed E-state index contributed by atoms with van der Waals surface area (Å²) in [6.45, 7) is 7.65. The van der Waals surface area contributed by atoms with Gasteiger partial charge in [0.1, 0.15) is 0 Å². The summed E-state index contributed by atoms with van der Waals surface area (Å²) in [5.41, 5.74) is 3.54. The maximum atomic E-state index is 12.3. The summed E-state index contributed by atoms with van der Waals surface area (Å²) in [5, 5.41) is 0. The zero-order valence-corrected chi connectivity index (χ0v) is 14.7. The van der Waals surface area contributed by atoms with Gasteiger partial charge < -0.3 is 0 Å². The lowest BCUT2D eigenvalue weighted by Gasteiger charge is -2.19. The monoisotopic (exact) mass is 359 g/mol. The summed E-state index contributed by atoms with van der Waals surface area (Å²) < 4.78 is 0.498. The lowest BCUT2D eigenvalue weighted by Crippen LogP contribution is -2.20. The summed E-state index contributed by atoms with van der Waals surface area (Å²) >= 11 is 3.35. The zero-order valence-electron chi connectivity index (χ0n) is 13.1. The first-order chi connectivity index (χ1) is 10.3. The normalized spacial score (nSPS) is 17.3. The van der Waals surface area contributed by atoms with Crippen LogP contribution in [0.25, 0.3) is 0 Å². The number of hydrogen-bond acceptors (Lipinski definition) is 2. The minimum absolute atomic E-state index is 0.0505. The zero-order chi connectivity index (χ0) is 16.4. The Bertz CT molecular complexity index is 722. The molecule has 3 nitrogen and oxygen atoms in total. The summed E-state index contributed by atoms with van der Waals surface area (Å²) in [6.07, 6.45) is 1.69. The predicted molar refractivity (Wildman–Crippen MR) is 92.5 cm³/mol.